The number of rotatable bonds is 6. The van der Waals surface area contributed by atoms with Gasteiger partial charge < -0.3 is 24.1 Å². The SMILES string of the molecule is [B][C@@H]1O[C@H](COC)C(O)[C@@H]1OCCOC. The molecular weight excluding hydrogens is 199 g/mol. The molecule has 1 fully saturated rings. The second kappa shape index (κ2) is 6.45. The average molecular weight is 216 g/mol. The van der Waals surface area contributed by atoms with Crippen molar-refractivity contribution in [3.63, 3.8) is 0 Å². The van der Waals surface area contributed by atoms with Crippen molar-refractivity contribution >= 4 is 7.85 Å². The van der Waals surface area contributed by atoms with Gasteiger partial charge in [-0.3, -0.25) is 0 Å². The molecule has 1 saturated heterocycles. The van der Waals surface area contributed by atoms with E-state index in [1.165, 1.54) is 0 Å². The van der Waals surface area contributed by atoms with Crippen LogP contribution in [-0.4, -0.2) is 71.3 Å². The average Bonchev–Trinajstić information content (AvgIpc) is 2.46. The van der Waals surface area contributed by atoms with Crippen LogP contribution in [0, 0.1) is 0 Å². The van der Waals surface area contributed by atoms with Gasteiger partial charge in [-0.1, -0.05) is 0 Å². The third kappa shape index (κ3) is 3.43. The maximum atomic E-state index is 9.80. The molecular formula is C9H17BO5. The molecule has 0 saturated carbocycles. The molecule has 0 bridgehead atoms. The van der Waals surface area contributed by atoms with Crippen molar-refractivity contribution in [1.82, 2.24) is 0 Å². The Morgan fingerprint density at radius 1 is 1.27 bits per heavy atom. The molecule has 1 heterocycles. The first-order valence-corrected chi connectivity index (χ1v) is 4.89. The standard InChI is InChI=1S/C9H17BO5/c1-12-3-4-14-8-7(11)6(5-13-2)15-9(8)10/h6-9,11H,3-5H2,1-2H3/t6-,7?,8+,9-/m1/s1. The first-order valence-electron chi connectivity index (χ1n) is 4.89. The lowest BCUT2D eigenvalue weighted by atomic mass is 9.93. The van der Waals surface area contributed by atoms with Crippen LogP contribution < -0.4 is 0 Å². The smallest absolute Gasteiger partial charge is 0.112 e. The fourth-order valence-electron chi connectivity index (χ4n) is 1.53. The Morgan fingerprint density at radius 2 is 2.00 bits per heavy atom. The molecule has 0 aromatic heterocycles. The quantitative estimate of drug-likeness (QED) is 0.452. The highest BCUT2D eigenvalue weighted by Crippen LogP contribution is 2.22. The van der Waals surface area contributed by atoms with Crippen molar-refractivity contribution in [2.24, 2.45) is 0 Å². The minimum Gasteiger partial charge on any atom is -0.388 e. The lowest BCUT2D eigenvalue weighted by Crippen LogP contribution is -2.37. The normalized spacial score (nSPS) is 35.9. The van der Waals surface area contributed by atoms with Crippen LogP contribution in [0.3, 0.4) is 0 Å². The van der Waals surface area contributed by atoms with Gasteiger partial charge >= 0.3 is 0 Å². The van der Waals surface area contributed by atoms with Crippen LogP contribution in [0.4, 0.5) is 0 Å². The molecule has 1 aliphatic rings. The van der Waals surface area contributed by atoms with E-state index >= 15 is 0 Å². The lowest BCUT2D eigenvalue weighted by molar-refractivity contribution is -0.0440. The molecule has 0 aromatic carbocycles. The summed E-state index contributed by atoms with van der Waals surface area (Å²) in [5, 5.41) is 9.80. The number of ether oxygens (including phenoxy) is 4. The van der Waals surface area contributed by atoms with Crippen molar-refractivity contribution < 1.29 is 24.1 Å². The fourth-order valence-corrected chi connectivity index (χ4v) is 1.53. The summed E-state index contributed by atoms with van der Waals surface area (Å²) in [6.45, 7) is 1.15. The van der Waals surface area contributed by atoms with Crippen molar-refractivity contribution in [1.29, 1.82) is 0 Å². The molecule has 5 nitrogen and oxygen atoms in total. The fraction of sp³-hybridized carbons (Fsp3) is 1.00. The van der Waals surface area contributed by atoms with Gasteiger partial charge in [0.15, 0.2) is 0 Å². The largest absolute Gasteiger partial charge is 0.388 e. The molecule has 6 heteroatoms. The number of aliphatic hydroxyl groups excluding tert-OH is 1. The first kappa shape index (κ1) is 12.9. The van der Waals surface area contributed by atoms with E-state index in [4.69, 9.17) is 26.8 Å². The van der Waals surface area contributed by atoms with Crippen LogP contribution in [0.2, 0.25) is 0 Å². The van der Waals surface area contributed by atoms with Crippen LogP contribution in [0.25, 0.3) is 0 Å². The second-order valence-electron chi connectivity index (χ2n) is 3.41. The zero-order valence-corrected chi connectivity index (χ0v) is 9.09. The third-order valence-corrected chi connectivity index (χ3v) is 2.30. The number of hydrogen-bond donors (Lipinski definition) is 1. The number of hydrogen-bond acceptors (Lipinski definition) is 5. The summed E-state index contributed by atoms with van der Waals surface area (Å²) in [6, 6.07) is -0.614. The van der Waals surface area contributed by atoms with Crippen molar-refractivity contribution in [3.05, 3.63) is 0 Å². The van der Waals surface area contributed by atoms with Gasteiger partial charge in [-0.2, -0.15) is 0 Å². The summed E-state index contributed by atoms with van der Waals surface area (Å²) in [5.74, 6) is 0. The first-order chi connectivity index (χ1) is 7.20. The zero-order valence-electron chi connectivity index (χ0n) is 9.09. The van der Waals surface area contributed by atoms with Gasteiger partial charge in [-0.25, -0.2) is 0 Å². The highest BCUT2D eigenvalue weighted by Gasteiger charge is 2.41. The van der Waals surface area contributed by atoms with Crippen LogP contribution in [-0.2, 0) is 18.9 Å². The van der Waals surface area contributed by atoms with Crippen LogP contribution in [0.5, 0.6) is 0 Å². The lowest BCUT2D eigenvalue weighted by Gasteiger charge is -2.18. The van der Waals surface area contributed by atoms with Gasteiger partial charge in [-0.15, -0.1) is 0 Å². The van der Waals surface area contributed by atoms with Gasteiger partial charge in [0, 0.05) is 20.2 Å². The Labute approximate surface area is 91.1 Å². The Balaban J connectivity index is 2.36. The highest BCUT2D eigenvalue weighted by atomic mass is 16.6. The molecule has 0 spiro atoms. The van der Waals surface area contributed by atoms with Crippen molar-refractivity contribution in [2.45, 2.75) is 24.3 Å². The predicted octanol–water partition coefficient (Wildman–Crippen LogP) is -1.08. The Hall–Kier alpha value is -0.135. The van der Waals surface area contributed by atoms with Crippen LogP contribution in [0.1, 0.15) is 0 Å². The minimum atomic E-state index is -0.753. The zero-order chi connectivity index (χ0) is 11.3. The Morgan fingerprint density at radius 3 is 2.60 bits per heavy atom. The predicted molar refractivity (Wildman–Crippen MR) is 53.9 cm³/mol. The summed E-state index contributed by atoms with van der Waals surface area (Å²) in [5.41, 5.74) is 0. The van der Waals surface area contributed by atoms with E-state index in [1.807, 2.05) is 0 Å². The molecule has 15 heavy (non-hydrogen) atoms. The maximum Gasteiger partial charge on any atom is 0.112 e. The molecule has 1 rings (SSSR count). The van der Waals surface area contributed by atoms with Gasteiger partial charge in [0.1, 0.15) is 26.2 Å². The molecule has 86 valence electrons. The molecule has 0 aliphatic carbocycles. The van der Waals surface area contributed by atoms with Crippen LogP contribution >= 0.6 is 0 Å². The maximum absolute atomic E-state index is 9.80. The molecule has 1 aliphatic heterocycles. The Bertz CT molecular complexity index is 180. The summed E-state index contributed by atoms with van der Waals surface area (Å²) in [7, 11) is 8.79. The van der Waals surface area contributed by atoms with E-state index in [0.29, 0.717) is 19.8 Å². The van der Waals surface area contributed by atoms with Gasteiger partial charge in [0.2, 0.25) is 0 Å². The van der Waals surface area contributed by atoms with E-state index in [0.717, 1.165) is 0 Å². The van der Waals surface area contributed by atoms with Crippen molar-refractivity contribution in [3.8, 4) is 0 Å². The van der Waals surface area contributed by atoms with Crippen molar-refractivity contribution in [2.75, 3.05) is 34.0 Å². The highest BCUT2D eigenvalue weighted by molar-refractivity contribution is 6.11. The Kier molecular flexibility index (Phi) is 5.56. The van der Waals surface area contributed by atoms with E-state index in [-0.39, 0.29) is 0 Å². The third-order valence-electron chi connectivity index (χ3n) is 2.30. The molecule has 4 atom stereocenters. The van der Waals surface area contributed by atoms with E-state index in [1.54, 1.807) is 14.2 Å². The van der Waals surface area contributed by atoms with E-state index in [2.05, 4.69) is 0 Å². The van der Waals surface area contributed by atoms with E-state index in [9.17, 15) is 5.11 Å². The summed E-state index contributed by atoms with van der Waals surface area (Å²) in [4.78, 5) is 0. The monoisotopic (exact) mass is 216 g/mol. The van der Waals surface area contributed by atoms with Gasteiger partial charge in [0.05, 0.1) is 19.8 Å². The second-order valence-corrected chi connectivity index (χ2v) is 3.41. The molecule has 0 aromatic rings. The minimum absolute atomic E-state index is 0.305. The molecule has 0 amide bonds. The van der Waals surface area contributed by atoms with E-state index < -0.39 is 24.3 Å². The summed E-state index contributed by atoms with van der Waals surface area (Å²) in [6.07, 6.45) is -1.69. The number of methoxy groups -OCH3 is 2. The topological polar surface area (TPSA) is 57.2 Å². The van der Waals surface area contributed by atoms with Gasteiger partial charge in [0.25, 0.3) is 0 Å². The summed E-state index contributed by atoms with van der Waals surface area (Å²) < 4.78 is 20.4. The molecule has 2 radical (unpaired) electrons. The molecule has 1 unspecified atom stereocenters. The van der Waals surface area contributed by atoms with Gasteiger partial charge in [-0.05, 0) is 0 Å². The molecule has 1 N–H and O–H groups in total. The summed E-state index contributed by atoms with van der Waals surface area (Å²) >= 11 is 0. The van der Waals surface area contributed by atoms with Crippen LogP contribution in [0.15, 0.2) is 0 Å². The number of aliphatic hydroxyl groups is 1.